The van der Waals surface area contributed by atoms with Crippen LogP contribution in [0.1, 0.15) is 33.1 Å². The first-order valence-electron chi connectivity index (χ1n) is 6.78. The van der Waals surface area contributed by atoms with E-state index in [1.54, 1.807) is 0 Å². The summed E-state index contributed by atoms with van der Waals surface area (Å²) >= 11 is 5.28. The van der Waals surface area contributed by atoms with E-state index in [4.69, 9.17) is 17.0 Å². The molecule has 1 aliphatic heterocycles. The van der Waals surface area contributed by atoms with Gasteiger partial charge in [-0.15, -0.1) is 5.10 Å². The number of hydrogen-bond acceptors (Lipinski definition) is 4. The molecule has 0 saturated carbocycles. The van der Waals surface area contributed by atoms with E-state index in [0.717, 1.165) is 51.5 Å². The van der Waals surface area contributed by atoms with Crippen LogP contribution in [-0.4, -0.2) is 40.6 Å². The lowest BCUT2D eigenvalue weighted by atomic mass is 10.1. The third-order valence-electron chi connectivity index (χ3n) is 3.25. The standard InChI is InChI=1S/C12H22N4OS/c1-3-7-16-11(13-14-12(16)18)15-8-5-6-10(9-15)17-4-2/h10H,3-9H2,1-2H3,(H,14,18). The molecule has 2 rings (SSSR count). The van der Waals surface area contributed by atoms with Crippen molar-refractivity contribution in [3.63, 3.8) is 0 Å². The largest absolute Gasteiger partial charge is 0.377 e. The summed E-state index contributed by atoms with van der Waals surface area (Å²) in [6.07, 6.45) is 3.67. The monoisotopic (exact) mass is 270 g/mol. The molecule has 1 N–H and O–H groups in total. The highest BCUT2D eigenvalue weighted by molar-refractivity contribution is 7.71. The smallest absolute Gasteiger partial charge is 0.225 e. The summed E-state index contributed by atoms with van der Waals surface area (Å²) in [6.45, 7) is 7.84. The molecule has 0 spiro atoms. The maximum absolute atomic E-state index is 5.73. The predicted molar refractivity (Wildman–Crippen MR) is 74.6 cm³/mol. The van der Waals surface area contributed by atoms with Gasteiger partial charge in [0.2, 0.25) is 5.95 Å². The fraction of sp³-hybridized carbons (Fsp3) is 0.833. The average molecular weight is 270 g/mol. The lowest BCUT2D eigenvalue weighted by Crippen LogP contribution is -2.41. The van der Waals surface area contributed by atoms with Crippen molar-refractivity contribution in [1.82, 2.24) is 14.8 Å². The number of ether oxygens (including phenoxy) is 1. The molecule has 1 aromatic heterocycles. The maximum atomic E-state index is 5.73. The first-order chi connectivity index (χ1) is 8.76. The van der Waals surface area contributed by atoms with Gasteiger partial charge in [0, 0.05) is 26.2 Å². The molecule has 6 heteroatoms. The van der Waals surface area contributed by atoms with Gasteiger partial charge >= 0.3 is 0 Å². The predicted octanol–water partition coefficient (Wildman–Crippen LogP) is 2.36. The van der Waals surface area contributed by atoms with Gasteiger partial charge in [-0.05, 0) is 38.4 Å². The van der Waals surface area contributed by atoms with Gasteiger partial charge in [-0.3, -0.25) is 4.57 Å². The van der Waals surface area contributed by atoms with E-state index in [1.807, 2.05) is 6.92 Å². The van der Waals surface area contributed by atoms with Crippen LogP contribution in [0, 0.1) is 4.77 Å². The molecular formula is C12H22N4OS. The van der Waals surface area contributed by atoms with Crippen LogP contribution in [-0.2, 0) is 11.3 Å². The van der Waals surface area contributed by atoms with Crippen LogP contribution in [0.3, 0.4) is 0 Å². The van der Waals surface area contributed by atoms with Gasteiger partial charge in [0.1, 0.15) is 0 Å². The topological polar surface area (TPSA) is 46.1 Å². The minimum Gasteiger partial charge on any atom is -0.377 e. The Kier molecular flexibility index (Phi) is 4.77. The van der Waals surface area contributed by atoms with Crippen molar-refractivity contribution in [3.05, 3.63) is 4.77 Å². The Morgan fingerprint density at radius 3 is 3.06 bits per heavy atom. The van der Waals surface area contributed by atoms with Gasteiger partial charge in [-0.2, -0.15) is 0 Å². The Hall–Kier alpha value is -0.880. The number of nitrogens with one attached hydrogen (secondary N) is 1. The van der Waals surface area contributed by atoms with Crippen molar-refractivity contribution >= 4 is 18.2 Å². The molecule has 1 atom stereocenters. The van der Waals surface area contributed by atoms with Gasteiger partial charge in [0.15, 0.2) is 4.77 Å². The van der Waals surface area contributed by atoms with Crippen molar-refractivity contribution in [2.45, 2.75) is 45.8 Å². The molecule has 102 valence electrons. The van der Waals surface area contributed by atoms with E-state index < -0.39 is 0 Å². The number of rotatable bonds is 5. The van der Waals surface area contributed by atoms with E-state index in [-0.39, 0.29) is 0 Å². The van der Waals surface area contributed by atoms with Crippen LogP contribution >= 0.6 is 12.2 Å². The molecule has 1 fully saturated rings. The number of hydrogen-bond donors (Lipinski definition) is 1. The summed E-state index contributed by atoms with van der Waals surface area (Å²) in [7, 11) is 0. The first-order valence-corrected chi connectivity index (χ1v) is 7.18. The Labute approximate surface area is 113 Å². The quantitative estimate of drug-likeness (QED) is 0.834. The van der Waals surface area contributed by atoms with Crippen molar-refractivity contribution < 1.29 is 4.74 Å². The minimum atomic E-state index is 0.323. The number of nitrogens with zero attached hydrogens (tertiary/aromatic N) is 3. The summed E-state index contributed by atoms with van der Waals surface area (Å²) in [5.74, 6) is 0.964. The highest BCUT2D eigenvalue weighted by atomic mass is 32.1. The van der Waals surface area contributed by atoms with E-state index in [1.165, 1.54) is 0 Å². The fourth-order valence-corrected chi connectivity index (χ4v) is 2.69. The molecule has 2 heterocycles. The van der Waals surface area contributed by atoms with Crippen molar-refractivity contribution in [2.75, 3.05) is 24.6 Å². The third kappa shape index (κ3) is 2.92. The summed E-state index contributed by atoms with van der Waals surface area (Å²) in [6, 6.07) is 0. The molecule has 1 saturated heterocycles. The molecular weight excluding hydrogens is 248 g/mol. The van der Waals surface area contributed by atoms with Gasteiger partial charge in [0.25, 0.3) is 0 Å². The SMILES string of the molecule is CCCn1c(N2CCCC(OCC)C2)n[nH]c1=S. The highest BCUT2D eigenvalue weighted by Crippen LogP contribution is 2.20. The van der Waals surface area contributed by atoms with Crippen LogP contribution in [0.4, 0.5) is 5.95 Å². The zero-order chi connectivity index (χ0) is 13.0. The number of aromatic amines is 1. The lowest BCUT2D eigenvalue weighted by Gasteiger charge is -2.33. The van der Waals surface area contributed by atoms with Gasteiger partial charge in [-0.25, -0.2) is 5.10 Å². The Bertz CT molecular complexity index is 426. The second kappa shape index (κ2) is 6.33. The number of anilines is 1. The van der Waals surface area contributed by atoms with Crippen molar-refractivity contribution in [3.8, 4) is 0 Å². The average Bonchev–Trinajstić information content (AvgIpc) is 2.73. The summed E-state index contributed by atoms with van der Waals surface area (Å²) < 4.78 is 8.53. The zero-order valence-corrected chi connectivity index (χ0v) is 12.0. The number of piperidine rings is 1. The third-order valence-corrected chi connectivity index (χ3v) is 3.56. The van der Waals surface area contributed by atoms with Gasteiger partial charge in [-0.1, -0.05) is 6.92 Å². The Balaban J connectivity index is 2.13. The minimum absolute atomic E-state index is 0.323. The molecule has 0 aromatic carbocycles. The van der Waals surface area contributed by atoms with Crippen LogP contribution in [0.2, 0.25) is 0 Å². The molecule has 0 amide bonds. The van der Waals surface area contributed by atoms with Gasteiger partial charge < -0.3 is 9.64 Å². The van der Waals surface area contributed by atoms with E-state index in [9.17, 15) is 0 Å². The number of aromatic nitrogens is 3. The molecule has 0 bridgehead atoms. The van der Waals surface area contributed by atoms with E-state index in [2.05, 4.69) is 26.6 Å². The molecule has 1 aromatic rings. The summed E-state index contributed by atoms with van der Waals surface area (Å²) in [5.41, 5.74) is 0. The van der Waals surface area contributed by atoms with Crippen LogP contribution in [0.15, 0.2) is 0 Å². The Morgan fingerprint density at radius 1 is 1.50 bits per heavy atom. The lowest BCUT2D eigenvalue weighted by molar-refractivity contribution is 0.0522. The van der Waals surface area contributed by atoms with Crippen molar-refractivity contribution in [1.29, 1.82) is 0 Å². The maximum Gasteiger partial charge on any atom is 0.225 e. The van der Waals surface area contributed by atoms with Crippen LogP contribution in [0.5, 0.6) is 0 Å². The molecule has 5 nitrogen and oxygen atoms in total. The van der Waals surface area contributed by atoms with E-state index in [0.29, 0.717) is 10.9 Å². The number of H-pyrrole nitrogens is 1. The first kappa shape index (κ1) is 13.5. The Morgan fingerprint density at radius 2 is 2.33 bits per heavy atom. The molecule has 0 radical (unpaired) electrons. The summed E-state index contributed by atoms with van der Waals surface area (Å²) in [5, 5.41) is 7.27. The zero-order valence-electron chi connectivity index (χ0n) is 11.2. The summed E-state index contributed by atoms with van der Waals surface area (Å²) in [4.78, 5) is 2.28. The molecule has 1 unspecified atom stereocenters. The van der Waals surface area contributed by atoms with Crippen LogP contribution < -0.4 is 4.90 Å². The molecule has 1 aliphatic rings. The second-order valence-electron chi connectivity index (χ2n) is 4.65. The second-order valence-corrected chi connectivity index (χ2v) is 5.03. The molecule has 0 aliphatic carbocycles. The fourth-order valence-electron chi connectivity index (χ4n) is 2.47. The van der Waals surface area contributed by atoms with Crippen LogP contribution in [0.25, 0.3) is 0 Å². The van der Waals surface area contributed by atoms with E-state index >= 15 is 0 Å². The van der Waals surface area contributed by atoms with Gasteiger partial charge in [0.05, 0.1) is 6.10 Å². The molecule has 18 heavy (non-hydrogen) atoms. The highest BCUT2D eigenvalue weighted by Gasteiger charge is 2.23. The normalized spacial score (nSPS) is 20.3. The van der Waals surface area contributed by atoms with Crippen molar-refractivity contribution in [2.24, 2.45) is 0 Å².